The lowest BCUT2D eigenvalue weighted by molar-refractivity contribution is -0.155. The quantitative estimate of drug-likeness (QED) is 0.591. The van der Waals surface area contributed by atoms with Crippen LogP contribution < -0.4 is 15.4 Å². The average Bonchev–Trinajstić information content (AvgIpc) is 2.79. The lowest BCUT2D eigenvalue weighted by Gasteiger charge is -2.51. The molecular weight excluding hydrogens is 430 g/mol. The van der Waals surface area contributed by atoms with Crippen molar-refractivity contribution < 1.29 is 19.4 Å². The molecular formula is C27H37N3O4. The second-order valence-electron chi connectivity index (χ2n) is 10.2. The monoisotopic (exact) mass is 467 g/mol. The van der Waals surface area contributed by atoms with Crippen molar-refractivity contribution in [1.82, 2.24) is 10.2 Å². The van der Waals surface area contributed by atoms with Crippen LogP contribution in [0, 0.1) is 18.3 Å². The zero-order valence-corrected chi connectivity index (χ0v) is 21.0. The third-order valence-corrected chi connectivity index (χ3v) is 6.86. The van der Waals surface area contributed by atoms with Gasteiger partial charge >= 0.3 is 6.03 Å². The average molecular weight is 468 g/mol. The van der Waals surface area contributed by atoms with Crippen molar-refractivity contribution in [2.45, 2.75) is 52.7 Å². The number of hydrogen-bond donors (Lipinski definition) is 3. The molecule has 0 aliphatic carbocycles. The second kappa shape index (κ2) is 10.1. The molecule has 3 amide bonds. The molecule has 2 atom stereocenters. The van der Waals surface area contributed by atoms with Gasteiger partial charge in [-0.15, -0.1) is 0 Å². The van der Waals surface area contributed by atoms with E-state index in [1.54, 1.807) is 36.3 Å². The van der Waals surface area contributed by atoms with E-state index in [0.29, 0.717) is 30.9 Å². The van der Waals surface area contributed by atoms with Crippen LogP contribution >= 0.6 is 0 Å². The molecule has 1 aliphatic heterocycles. The fourth-order valence-electron chi connectivity index (χ4n) is 4.57. The van der Waals surface area contributed by atoms with Crippen molar-refractivity contribution in [3.63, 3.8) is 0 Å². The molecule has 3 N–H and O–H groups in total. The first-order valence-electron chi connectivity index (χ1n) is 11.8. The van der Waals surface area contributed by atoms with Gasteiger partial charge in [0.25, 0.3) is 0 Å². The number of amides is 3. The first-order valence-corrected chi connectivity index (χ1v) is 11.8. The van der Waals surface area contributed by atoms with Crippen LogP contribution in [0.5, 0.6) is 5.75 Å². The van der Waals surface area contributed by atoms with Gasteiger partial charge < -0.3 is 25.4 Å². The van der Waals surface area contributed by atoms with Gasteiger partial charge in [0.1, 0.15) is 11.8 Å². The molecule has 0 spiro atoms. The van der Waals surface area contributed by atoms with Crippen molar-refractivity contribution in [2.75, 3.05) is 25.5 Å². The molecule has 0 aromatic heterocycles. The number of urea groups is 1. The van der Waals surface area contributed by atoms with Crippen molar-refractivity contribution in [3.05, 3.63) is 59.7 Å². The van der Waals surface area contributed by atoms with Gasteiger partial charge in [0, 0.05) is 24.2 Å². The Morgan fingerprint density at radius 1 is 1.06 bits per heavy atom. The lowest BCUT2D eigenvalue weighted by atomic mass is 9.66. The lowest BCUT2D eigenvalue weighted by Crippen LogP contribution is -2.60. The highest BCUT2D eigenvalue weighted by atomic mass is 16.5. The van der Waals surface area contributed by atoms with Crippen LogP contribution in [0.2, 0.25) is 0 Å². The third kappa shape index (κ3) is 5.36. The number of ether oxygens (including phenoxy) is 1. The fraction of sp³-hybridized carbons (Fsp3) is 0.481. The van der Waals surface area contributed by atoms with Crippen LogP contribution in [0.1, 0.15) is 45.2 Å². The summed E-state index contributed by atoms with van der Waals surface area (Å²) < 4.78 is 5.14. The number of nitrogens with one attached hydrogen (secondary N) is 2. The zero-order chi connectivity index (χ0) is 25.1. The molecule has 7 nitrogen and oxygen atoms in total. The number of hydrogen-bond acceptors (Lipinski definition) is 4. The summed E-state index contributed by atoms with van der Waals surface area (Å²) in [6, 6.07) is 13.8. The van der Waals surface area contributed by atoms with Gasteiger partial charge in [-0.1, -0.05) is 57.5 Å². The molecule has 0 saturated carbocycles. The van der Waals surface area contributed by atoms with E-state index in [1.165, 1.54) is 0 Å². The number of aliphatic hydroxyl groups is 1. The standard InChI is InChI=1S/C27H37N3O4/c1-18(2)23(29-25(32)28-21-11-13-22(34-6)14-12-21)24(31)30-16-15-27(33,26(4,5)17-30)20-9-7-19(3)8-10-20/h7-14,18,23,33H,15-17H2,1-6H3,(H2,28,29,32)/t23-,27?/m1/s1. The number of rotatable bonds is 6. The number of likely N-dealkylation sites (tertiary alicyclic amines) is 1. The van der Waals surface area contributed by atoms with Crippen molar-refractivity contribution in [1.29, 1.82) is 0 Å². The van der Waals surface area contributed by atoms with Crippen LogP contribution in [0.15, 0.2) is 48.5 Å². The summed E-state index contributed by atoms with van der Waals surface area (Å²) in [5, 5.41) is 17.2. The van der Waals surface area contributed by atoms with Crippen molar-refractivity contribution >= 4 is 17.6 Å². The van der Waals surface area contributed by atoms with Crippen LogP contribution in [0.3, 0.4) is 0 Å². The van der Waals surface area contributed by atoms with E-state index in [-0.39, 0.29) is 11.8 Å². The third-order valence-electron chi connectivity index (χ3n) is 6.86. The predicted molar refractivity (Wildman–Crippen MR) is 134 cm³/mol. The molecule has 1 fully saturated rings. The maximum atomic E-state index is 13.5. The van der Waals surface area contributed by atoms with Crippen LogP contribution in [-0.2, 0) is 10.4 Å². The number of methoxy groups -OCH3 is 1. The van der Waals surface area contributed by atoms with E-state index < -0.39 is 23.1 Å². The van der Waals surface area contributed by atoms with Crippen molar-refractivity contribution in [3.8, 4) is 5.75 Å². The van der Waals surface area contributed by atoms with Crippen molar-refractivity contribution in [2.24, 2.45) is 11.3 Å². The Morgan fingerprint density at radius 2 is 1.68 bits per heavy atom. The summed E-state index contributed by atoms with van der Waals surface area (Å²) in [6.07, 6.45) is 0.428. The first kappa shape index (κ1) is 25.6. The number of carbonyl (C=O) groups is 2. The van der Waals surface area contributed by atoms with E-state index >= 15 is 0 Å². The Morgan fingerprint density at radius 3 is 2.21 bits per heavy atom. The first-order chi connectivity index (χ1) is 16.0. The van der Waals surface area contributed by atoms with E-state index in [1.807, 2.05) is 58.9 Å². The minimum absolute atomic E-state index is 0.102. The molecule has 7 heteroatoms. The number of piperidine rings is 1. The van der Waals surface area contributed by atoms with Crippen LogP contribution in [0.4, 0.5) is 10.5 Å². The predicted octanol–water partition coefficient (Wildman–Crippen LogP) is 4.30. The molecule has 0 radical (unpaired) electrons. The largest absolute Gasteiger partial charge is 0.497 e. The minimum atomic E-state index is -1.04. The van der Waals surface area contributed by atoms with Gasteiger partial charge in [-0.2, -0.15) is 0 Å². The molecule has 2 aromatic rings. The van der Waals surface area contributed by atoms with Gasteiger partial charge in [-0.25, -0.2) is 4.79 Å². The molecule has 1 heterocycles. The second-order valence-corrected chi connectivity index (χ2v) is 10.2. The zero-order valence-electron chi connectivity index (χ0n) is 21.0. The Kier molecular flexibility index (Phi) is 7.56. The van der Waals surface area contributed by atoms with E-state index in [2.05, 4.69) is 10.6 Å². The molecule has 1 aliphatic rings. The maximum Gasteiger partial charge on any atom is 0.319 e. The highest BCUT2D eigenvalue weighted by molar-refractivity contribution is 5.94. The van der Waals surface area contributed by atoms with E-state index in [9.17, 15) is 14.7 Å². The summed E-state index contributed by atoms with van der Waals surface area (Å²) >= 11 is 0. The number of aryl methyl sites for hydroxylation is 1. The molecule has 1 unspecified atom stereocenters. The summed E-state index contributed by atoms with van der Waals surface area (Å²) in [7, 11) is 1.58. The fourth-order valence-corrected chi connectivity index (χ4v) is 4.57. The Hall–Kier alpha value is -3.06. The number of carbonyl (C=O) groups excluding carboxylic acids is 2. The minimum Gasteiger partial charge on any atom is -0.497 e. The van der Waals surface area contributed by atoms with Gasteiger partial charge in [0.15, 0.2) is 0 Å². The molecule has 3 rings (SSSR count). The molecule has 2 aromatic carbocycles. The summed E-state index contributed by atoms with van der Waals surface area (Å²) in [5.74, 6) is 0.452. The molecule has 0 bridgehead atoms. The summed E-state index contributed by atoms with van der Waals surface area (Å²) in [6.45, 7) is 10.6. The van der Waals surface area contributed by atoms with Gasteiger partial charge in [0.05, 0.1) is 12.7 Å². The highest BCUT2D eigenvalue weighted by Crippen LogP contribution is 2.46. The Labute approximate surface area is 202 Å². The van der Waals surface area contributed by atoms with Crippen LogP contribution in [-0.4, -0.2) is 48.2 Å². The topological polar surface area (TPSA) is 90.9 Å². The van der Waals surface area contributed by atoms with E-state index in [4.69, 9.17) is 4.74 Å². The molecule has 184 valence electrons. The number of nitrogens with zero attached hydrogens (tertiary/aromatic N) is 1. The highest BCUT2D eigenvalue weighted by Gasteiger charge is 2.50. The Balaban J connectivity index is 1.69. The van der Waals surface area contributed by atoms with Crippen LogP contribution in [0.25, 0.3) is 0 Å². The number of anilines is 1. The summed E-state index contributed by atoms with van der Waals surface area (Å²) in [5.41, 5.74) is 1.01. The molecule has 1 saturated heterocycles. The number of benzene rings is 2. The SMILES string of the molecule is COc1ccc(NC(=O)N[C@@H](C(=O)N2CCC(O)(c3ccc(C)cc3)C(C)(C)C2)C(C)C)cc1. The van der Waals surface area contributed by atoms with E-state index in [0.717, 1.165) is 11.1 Å². The van der Waals surface area contributed by atoms with Gasteiger partial charge in [-0.05, 0) is 49.1 Å². The van der Waals surface area contributed by atoms with Gasteiger partial charge in [-0.3, -0.25) is 4.79 Å². The van der Waals surface area contributed by atoms with Gasteiger partial charge in [0.2, 0.25) is 5.91 Å². The Bertz CT molecular complexity index is 1000. The smallest absolute Gasteiger partial charge is 0.319 e. The normalized spacial score (nSPS) is 20.5. The molecule has 34 heavy (non-hydrogen) atoms. The summed E-state index contributed by atoms with van der Waals surface area (Å²) in [4.78, 5) is 27.9. The maximum absolute atomic E-state index is 13.5.